The largest absolute Gasteiger partial charge is 0.463 e. The number of carbonyl (C=O) groups excluding carboxylic acids is 1. The zero-order valence-corrected chi connectivity index (χ0v) is 13.1. The van der Waals surface area contributed by atoms with E-state index in [1.165, 1.54) is 13.0 Å². The van der Waals surface area contributed by atoms with Crippen LogP contribution in [0.1, 0.15) is 23.5 Å². The van der Waals surface area contributed by atoms with Crippen LogP contribution in [0, 0.1) is 6.92 Å². The quantitative estimate of drug-likeness (QED) is 0.849. The number of benzene rings is 1. The molecule has 1 amide bonds. The maximum absolute atomic E-state index is 13.3. The molecule has 0 aliphatic carbocycles. The number of carbonyl (C=O) groups is 1. The van der Waals surface area contributed by atoms with Crippen LogP contribution in [-0.2, 0) is 16.8 Å². The molecule has 0 bridgehead atoms. The van der Waals surface area contributed by atoms with Gasteiger partial charge in [-0.05, 0) is 31.0 Å². The Morgan fingerprint density at radius 1 is 1.17 bits per heavy atom. The predicted octanol–water partition coefficient (Wildman–Crippen LogP) is 3.09. The lowest BCUT2D eigenvalue weighted by atomic mass is 9.95. The van der Waals surface area contributed by atoms with Crippen molar-refractivity contribution in [3.63, 3.8) is 0 Å². The molecule has 2 N–H and O–H groups in total. The van der Waals surface area contributed by atoms with Gasteiger partial charge in [-0.25, -0.2) is 0 Å². The minimum Gasteiger partial charge on any atom is -0.463 e. The van der Waals surface area contributed by atoms with Crippen molar-refractivity contribution in [3.05, 3.63) is 59.5 Å². The standard InChI is InChI=1S/C17H18F3NO3/c1-12-7-8-14(24-12)16(23,17(18,19)20)11-15(22)21-10-9-13-5-3-2-4-6-13/h2-8,23H,9-11H2,1H3,(H,21,22). The zero-order chi connectivity index (χ0) is 17.8. The summed E-state index contributed by atoms with van der Waals surface area (Å²) in [6, 6.07) is 11.5. The Balaban J connectivity index is 2.00. The van der Waals surface area contributed by atoms with E-state index in [2.05, 4.69) is 5.32 Å². The number of alkyl halides is 3. The third-order valence-corrected chi connectivity index (χ3v) is 3.61. The molecule has 130 valence electrons. The molecule has 0 saturated carbocycles. The molecule has 0 aliphatic rings. The maximum Gasteiger partial charge on any atom is 0.425 e. The highest BCUT2D eigenvalue weighted by Crippen LogP contribution is 2.42. The van der Waals surface area contributed by atoms with Gasteiger partial charge in [-0.3, -0.25) is 4.79 Å². The summed E-state index contributed by atoms with van der Waals surface area (Å²) in [5.41, 5.74) is -2.40. The molecule has 0 spiro atoms. The average molecular weight is 341 g/mol. The number of furan rings is 1. The Morgan fingerprint density at radius 2 is 1.83 bits per heavy atom. The lowest BCUT2D eigenvalue weighted by Gasteiger charge is -2.28. The van der Waals surface area contributed by atoms with Crippen molar-refractivity contribution in [1.29, 1.82) is 0 Å². The van der Waals surface area contributed by atoms with E-state index in [0.29, 0.717) is 6.42 Å². The highest BCUT2D eigenvalue weighted by atomic mass is 19.4. The third-order valence-electron chi connectivity index (χ3n) is 3.61. The van der Waals surface area contributed by atoms with Gasteiger partial charge in [-0.15, -0.1) is 0 Å². The number of hydrogen-bond acceptors (Lipinski definition) is 3. The molecule has 0 radical (unpaired) electrons. The number of aliphatic hydroxyl groups is 1. The van der Waals surface area contributed by atoms with E-state index < -0.39 is 29.9 Å². The van der Waals surface area contributed by atoms with Gasteiger partial charge in [0.25, 0.3) is 0 Å². The second kappa shape index (κ2) is 7.09. The summed E-state index contributed by atoms with van der Waals surface area (Å²) >= 11 is 0. The van der Waals surface area contributed by atoms with E-state index in [1.54, 1.807) is 0 Å². The Labute approximate surface area is 137 Å². The Morgan fingerprint density at radius 3 is 2.38 bits per heavy atom. The number of nitrogens with one attached hydrogen (secondary N) is 1. The first-order valence-corrected chi connectivity index (χ1v) is 7.39. The molecule has 4 nitrogen and oxygen atoms in total. The van der Waals surface area contributed by atoms with Crippen molar-refractivity contribution in [2.75, 3.05) is 6.54 Å². The van der Waals surface area contributed by atoms with Crippen molar-refractivity contribution in [2.24, 2.45) is 0 Å². The van der Waals surface area contributed by atoms with Gasteiger partial charge < -0.3 is 14.8 Å². The first-order chi connectivity index (χ1) is 11.2. The van der Waals surface area contributed by atoms with E-state index in [-0.39, 0.29) is 12.3 Å². The monoisotopic (exact) mass is 341 g/mol. The van der Waals surface area contributed by atoms with Crippen LogP contribution in [0.5, 0.6) is 0 Å². The van der Waals surface area contributed by atoms with E-state index in [1.807, 2.05) is 30.3 Å². The topological polar surface area (TPSA) is 62.5 Å². The Kier molecular flexibility index (Phi) is 5.33. The third kappa shape index (κ3) is 4.17. The first kappa shape index (κ1) is 18.1. The highest BCUT2D eigenvalue weighted by molar-refractivity contribution is 5.77. The molecule has 2 aromatic rings. The summed E-state index contributed by atoms with van der Waals surface area (Å²) in [7, 11) is 0. The number of hydrogen-bond donors (Lipinski definition) is 2. The number of halogens is 3. The van der Waals surface area contributed by atoms with E-state index in [0.717, 1.165) is 11.6 Å². The predicted molar refractivity (Wildman–Crippen MR) is 81.2 cm³/mol. The van der Waals surface area contributed by atoms with Gasteiger partial charge in [0.15, 0.2) is 0 Å². The molecule has 0 fully saturated rings. The van der Waals surface area contributed by atoms with Crippen LogP contribution >= 0.6 is 0 Å². The molecule has 1 atom stereocenters. The molecular weight excluding hydrogens is 323 g/mol. The van der Waals surface area contributed by atoms with Gasteiger partial charge in [0.2, 0.25) is 11.5 Å². The van der Waals surface area contributed by atoms with Crippen molar-refractivity contribution in [1.82, 2.24) is 5.32 Å². The lowest BCUT2D eigenvalue weighted by molar-refractivity contribution is -0.273. The molecule has 1 unspecified atom stereocenters. The van der Waals surface area contributed by atoms with Gasteiger partial charge in [0.05, 0.1) is 6.42 Å². The van der Waals surface area contributed by atoms with Crippen LogP contribution in [0.25, 0.3) is 0 Å². The molecule has 1 aromatic carbocycles. The normalized spacial score (nSPS) is 14.2. The molecule has 0 aliphatic heterocycles. The summed E-state index contributed by atoms with van der Waals surface area (Å²) in [5.74, 6) is -1.37. The van der Waals surface area contributed by atoms with Crippen LogP contribution in [-0.4, -0.2) is 23.7 Å². The highest BCUT2D eigenvalue weighted by Gasteiger charge is 2.58. The first-order valence-electron chi connectivity index (χ1n) is 7.39. The Hall–Kier alpha value is -2.28. The van der Waals surface area contributed by atoms with Crippen LogP contribution in [0.2, 0.25) is 0 Å². The molecule has 1 heterocycles. The average Bonchev–Trinajstić information content (AvgIpc) is 2.94. The summed E-state index contributed by atoms with van der Waals surface area (Å²) in [5, 5.41) is 12.4. The van der Waals surface area contributed by atoms with E-state index in [9.17, 15) is 23.1 Å². The summed E-state index contributed by atoms with van der Waals surface area (Å²) in [4.78, 5) is 11.9. The van der Waals surface area contributed by atoms with Gasteiger partial charge in [0.1, 0.15) is 11.5 Å². The lowest BCUT2D eigenvalue weighted by Crippen LogP contribution is -2.46. The van der Waals surface area contributed by atoms with Gasteiger partial charge in [-0.1, -0.05) is 30.3 Å². The fraction of sp³-hybridized carbons (Fsp3) is 0.353. The molecule has 24 heavy (non-hydrogen) atoms. The molecular formula is C17H18F3NO3. The zero-order valence-electron chi connectivity index (χ0n) is 13.1. The fourth-order valence-electron chi connectivity index (χ4n) is 2.27. The number of amides is 1. The molecule has 2 rings (SSSR count). The summed E-state index contributed by atoms with van der Waals surface area (Å²) < 4.78 is 44.7. The number of rotatable bonds is 6. The van der Waals surface area contributed by atoms with E-state index in [4.69, 9.17) is 4.42 Å². The fourth-order valence-corrected chi connectivity index (χ4v) is 2.27. The number of aryl methyl sites for hydroxylation is 1. The van der Waals surface area contributed by atoms with Crippen molar-refractivity contribution >= 4 is 5.91 Å². The minimum atomic E-state index is -5.03. The van der Waals surface area contributed by atoms with Crippen molar-refractivity contribution < 1.29 is 27.5 Å². The molecule has 0 saturated heterocycles. The van der Waals surface area contributed by atoms with Crippen LogP contribution in [0.15, 0.2) is 46.9 Å². The molecule has 7 heteroatoms. The Bertz CT molecular complexity index is 682. The second-order valence-corrected chi connectivity index (χ2v) is 5.53. The van der Waals surface area contributed by atoms with Gasteiger partial charge in [0, 0.05) is 6.54 Å². The van der Waals surface area contributed by atoms with Gasteiger partial charge >= 0.3 is 6.18 Å². The van der Waals surface area contributed by atoms with Crippen molar-refractivity contribution in [3.8, 4) is 0 Å². The maximum atomic E-state index is 13.3. The smallest absolute Gasteiger partial charge is 0.425 e. The second-order valence-electron chi connectivity index (χ2n) is 5.53. The summed E-state index contributed by atoms with van der Waals surface area (Å²) in [6.45, 7) is 1.63. The van der Waals surface area contributed by atoms with E-state index >= 15 is 0 Å². The van der Waals surface area contributed by atoms with Crippen LogP contribution < -0.4 is 5.32 Å². The SMILES string of the molecule is Cc1ccc(C(O)(CC(=O)NCCc2ccccc2)C(F)(F)F)o1. The van der Waals surface area contributed by atoms with Crippen molar-refractivity contribution in [2.45, 2.75) is 31.5 Å². The summed E-state index contributed by atoms with van der Waals surface area (Å²) in [6.07, 6.45) is -5.71. The van der Waals surface area contributed by atoms with Gasteiger partial charge in [-0.2, -0.15) is 13.2 Å². The van der Waals surface area contributed by atoms with Crippen LogP contribution in [0.4, 0.5) is 13.2 Å². The van der Waals surface area contributed by atoms with Crippen LogP contribution in [0.3, 0.4) is 0 Å². The molecule has 1 aromatic heterocycles. The minimum absolute atomic E-state index is 0.175.